The number of piperidine rings is 1. The number of amides is 2. The van der Waals surface area contributed by atoms with Crippen molar-refractivity contribution in [3.63, 3.8) is 0 Å². The number of halogens is 1. The van der Waals surface area contributed by atoms with Crippen LogP contribution in [-0.2, 0) is 4.79 Å². The molecule has 0 radical (unpaired) electrons. The molecular formula is C24H27ClN2O4. The standard InChI is InChI=1S/C24H27ClN2O4/c1-15(2)21(26-22(28)19-5-3-4-6-20(19)24(30)31)23(29)27-13-11-17(12-14-27)16-7-9-18(25)10-8-16/h3-10,15,17,21H,11-14H2,1-2H3,(H,26,28)(H,30,31)/t21-/m1/s1. The highest BCUT2D eigenvalue weighted by atomic mass is 35.5. The lowest BCUT2D eigenvalue weighted by Crippen LogP contribution is -2.53. The van der Waals surface area contributed by atoms with Crippen molar-refractivity contribution in [1.82, 2.24) is 10.2 Å². The van der Waals surface area contributed by atoms with Crippen LogP contribution in [-0.4, -0.2) is 46.9 Å². The number of nitrogens with one attached hydrogen (secondary N) is 1. The van der Waals surface area contributed by atoms with E-state index in [4.69, 9.17) is 11.6 Å². The minimum atomic E-state index is -1.18. The Bertz CT molecular complexity index is 950. The number of rotatable bonds is 6. The van der Waals surface area contributed by atoms with Crippen LogP contribution >= 0.6 is 11.6 Å². The van der Waals surface area contributed by atoms with Crippen LogP contribution < -0.4 is 5.32 Å². The Labute approximate surface area is 187 Å². The Kier molecular flexibility index (Phi) is 7.33. The van der Waals surface area contributed by atoms with Crippen LogP contribution in [0.1, 0.15) is 58.9 Å². The third-order valence-corrected chi connectivity index (χ3v) is 6.02. The van der Waals surface area contributed by atoms with Gasteiger partial charge in [-0.2, -0.15) is 0 Å². The van der Waals surface area contributed by atoms with Gasteiger partial charge in [0.05, 0.1) is 11.1 Å². The van der Waals surface area contributed by atoms with Gasteiger partial charge >= 0.3 is 5.97 Å². The highest BCUT2D eigenvalue weighted by Gasteiger charge is 2.32. The van der Waals surface area contributed by atoms with Crippen molar-refractivity contribution in [1.29, 1.82) is 0 Å². The Balaban J connectivity index is 1.67. The van der Waals surface area contributed by atoms with E-state index in [1.54, 1.807) is 17.0 Å². The number of benzene rings is 2. The molecule has 0 unspecified atom stereocenters. The number of carbonyl (C=O) groups excluding carboxylic acids is 2. The average molecular weight is 443 g/mol. The van der Waals surface area contributed by atoms with Crippen LogP contribution in [0.5, 0.6) is 0 Å². The lowest BCUT2D eigenvalue weighted by Gasteiger charge is -2.35. The van der Waals surface area contributed by atoms with Gasteiger partial charge in [-0.05, 0) is 54.5 Å². The summed E-state index contributed by atoms with van der Waals surface area (Å²) in [6, 6.07) is 13.1. The maximum absolute atomic E-state index is 13.2. The van der Waals surface area contributed by atoms with E-state index in [2.05, 4.69) is 5.32 Å². The molecule has 2 aromatic carbocycles. The zero-order chi connectivity index (χ0) is 22.5. The summed E-state index contributed by atoms with van der Waals surface area (Å²) in [5.74, 6) is -1.63. The minimum Gasteiger partial charge on any atom is -0.478 e. The van der Waals surface area contributed by atoms with Crippen molar-refractivity contribution >= 4 is 29.4 Å². The predicted molar refractivity (Wildman–Crippen MR) is 120 cm³/mol. The molecule has 2 aromatic rings. The van der Waals surface area contributed by atoms with Gasteiger partial charge in [0.2, 0.25) is 5.91 Å². The van der Waals surface area contributed by atoms with Gasteiger partial charge in [0, 0.05) is 18.1 Å². The third-order valence-electron chi connectivity index (χ3n) is 5.77. The number of hydrogen-bond acceptors (Lipinski definition) is 3. The summed E-state index contributed by atoms with van der Waals surface area (Å²) in [5, 5.41) is 12.8. The maximum Gasteiger partial charge on any atom is 0.336 e. The van der Waals surface area contributed by atoms with Gasteiger partial charge in [-0.1, -0.05) is 49.7 Å². The second-order valence-electron chi connectivity index (χ2n) is 8.20. The molecule has 1 aliphatic heterocycles. The van der Waals surface area contributed by atoms with Gasteiger partial charge < -0.3 is 15.3 Å². The molecule has 164 valence electrons. The SMILES string of the molecule is CC(C)[C@@H](NC(=O)c1ccccc1C(=O)O)C(=O)N1CCC(c2ccc(Cl)cc2)CC1. The molecule has 1 heterocycles. The average Bonchev–Trinajstić information content (AvgIpc) is 2.77. The molecule has 1 fully saturated rings. The smallest absolute Gasteiger partial charge is 0.336 e. The van der Waals surface area contributed by atoms with Gasteiger partial charge in [-0.15, -0.1) is 0 Å². The van der Waals surface area contributed by atoms with Gasteiger partial charge in [0.1, 0.15) is 6.04 Å². The summed E-state index contributed by atoms with van der Waals surface area (Å²) in [7, 11) is 0. The maximum atomic E-state index is 13.2. The topological polar surface area (TPSA) is 86.7 Å². The van der Waals surface area contributed by atoms with Crippen molar-refractivity contribution in [3.05, 3.63) is 70.2 Å². The molecule has 0 spiro atoms. The van der Waals surface area contributed by atoms with Crippen LogP contribution in [0.25, 0.3) is 0 Å². The fourth-order valence-corrected chi connectivity index (χ4v) is 4.09. The second kappa shape index (κ2) is 9.96. The van der Waals surface area contributed by atoms with E-state index in [1.807, 2.05) is 38.1 Å². The van der Waals surface area contributed by atoms with Gasteiger partial charge in [0.25, 0.3) is 5.91 Å². The van der Waals surface area contributed by atoms with Crippen molar-refractivity contribution in [2.45, 2.75) is 38.6 Å². The van der Waals surface area contributed by atoms with Crippen molar-refractivity contribution in [2.75, 3.05) is 13.1 Å². The van der Waals surface area contributed by atoms with Gasteiger partial charge in [0.15, 0.2) is 0 Å². The second-order valence-corrected chi connectivity index (χ2v) is 8.63. The lowest BCUT2D eigenvalue weighted by molar-refractivity contribution is -0.135. The molecule has 1 saturated heterocycles. The Morgan fingerprint density at radius 1 is 1.00 bits per heavy atom. The summed E-state index contributed by atoms with van der Waals surface area (Å²) in [5.41, 5.74) is 1.18. The monoisotopic (exact) mass is 442 g/mol. The van der Waals surface area contributed by atoms with E-state index in [0.29, 0.717) is 24.0 Å². The summed E-state index contributed by atoms with van der Waals surface area (Å²) < 4.78 is 0. The first-order chi connectivity index (χ1) is 14.8. The fraction of sp³-hybridized carbons (Fsp3) is 0.375. The van der Waals surface area contributed by atoms with Crippen molar-refractivity contribution in [2.24, 2.45) is 5.92 Å². The van der Waals surface area contributed by atoms with E-state index in [1.165, 1.54) is 17.7 Å². The first-order valence-corrected chi connectivity index (χ1v) is 10.8. The molecule has 2 amide bonds. The highest BCUT2D eigenvalue weighted by Crippen LogP contribution is 2.29. The Morgan fingerprint density at radius 2 is 1.58 bits per heavy atom. The molecule has 0 aliphatic carbocycles. The molecule has 31 heavy (non-hydrogen) atoms. The highest BCUT2D eigenvalue weighted by molar-refractivity contribution is 6.30. The Hall–Kier alpha value is -2.86. The van der Waals surface area contributed by atoms with E-state index in [-0.39, 0.29) is 23.0 Å². The molecule has 0 bridgehead atoms. The first kappa shape index (κ1) is 22.8. The van der Waals surface area contributed by atoms with E-state index in [0.717, 1.165) is 12.8 Å². The van der Waals surface area contributed by atoms with Crippen LogP contribution in [0.3, 0.4) is 0 Å². The summed E-state index contributed by atoms with van der Waals surface area (Å²) in [6.07, 6.45) is 1.68. The van der Waals surface area contributed by atoms with E-state index >= 15 is 0 Å². The molecule has 2 N–H and O–H groups in total. The number of aromatic carboxylic acids is 1. The molecule has 0 aromatic heterocycles. The molecule has 6 nitrogen and oxygen atoms in total. The van der Waals surface area contributed by atoms with Gasteiger partial charge in [-0.3, -0.25) is 9.59 Å². The zero-order valence-electron chi connectivity index (χ0n) is 17.7. The first-order valence-electron chi connectivity index (χ1n) is 10.5. The van der Waals surface area contributed by atoms with E-state index < -0.39 is 17.9 Å². The molecule has 7 heteroatoms. The van der Waals surface area contributed by atoms with Crippen molar-refractivity contribution in [3.8, 4) is 0 Å². The van der Waals surface area contributed by atoms with Crippen LogP contribution in [0.2, 0.25) is 5.02 Å². The fourth-order valence-electron chi connectivity index (χ4n) is 3.97. The number of likely N-dealkylation sites (tertiary alicyclic amines) is 1. The van der Waals surface area contributed by atoms with E-state index in [9.17, 15) is 19.5 Å². The normalized spacial score (nSPS) is 15.5. The lowest BCUT2D eigenvalue weighted by atomic mass is 9.89. The zero-order valence-corrected chi connectivity index (χ0v) is 18.4. The molecule has 1 aliphatic rings. The van der Waals surface area contributed by atoms with Gasteiger partial charge in [-0.25, -0.2) is 4.79 Å². The molecular weight excluding hydrogens is 416 g/mol. The van der Waals surface area contributed by atoms with Crippen LogP contribution in [0, 0.1) is 5.92 Å². The summed E-state index contributed by atoms with van der Waals surface area (Å²) >= 11 is 5.97. The van der Waals surface area contributed by atoms with Crippen LogP contribution in [0.15, 0.2) is 48.5 Å². The summed E-state index contributed by atoms with van der Waals surface area (Å²) in [4.78, 5) is 39.2. The molecule has 3 rings (SSSR count). The number of carboxylic acid groups (broad SMARTS) is 1. The molecule has 1 atom stereocenters. The summed E-state index contributed by atoms with van der Waals surface area (Å²) in [6.45, 7) is 4.95. The number of carbonyl (C=O) groups is 3. The minimum absolute atomic E-state index is 0.0508. The van der Waals surface area contributed by atoms with Crippen molar-refractivity contribution < 1.29 is 19.5 Å². The number of nitrogens with zero attached hydrogens (tertiary/aromatic N) is 1. The van der Waals surface area contributed by atoms with Crippen LogP contribution in [0.4, 0.5) is 0 Å². The quantitative estimate of drug-likeness (QED) is 0.701. The Morgan fingerprint density at radius 3 is 2.13 bits per heavy atom. The molecule has 0 saturated carbocycles. The third kappa shape index (κ3) is 5.44. The number of hydrogen-bond donors (Lipinski definition) is 2. The number of carboxylic acids is 1. The predicted octanol–water partition coefficient (Wildman–Crippen LogP) is 4.20. The largest absolute Gasteiger partial charge is 0.478 e.